The molecule has 0 bridgehead atoms. The van der Waals surface area contributed by atoms with Crippen LogP contribution in [0.25, 0.3) is 22.4 Å². The molecule has 0 unspecified atom stereocenters. The molecule has 0 fully saturated rings. The van der Waals surface area contributed by atoms with E-state index in [1.807, 2.05) is 12.1 Å². The van der Waals surface area contributed by atoms with Crippen molar-refractivity contribution in [2.24, 2.45) is 0 Å². The normalized spacial score (nSPS) is 12.3. The molecule has 136 valence electrons. The van der Waals surface area contributed by atoms with Crippen LogP contribution < -0.4 is 5.56 Å². The molecule has 0 saturated carbocycles. The van der Waals surface area contributed by atoms with Crippen molar-refractivity contribution in [3.8, 4) is 22.4 Å². The molecule has 2 aromatic carbocycles. The van der Waals surface area contributed by atoms with E-state index in [0.717, 1.165) is 11.1 Å². The van der Waals surface area contributed by atoms with E-state index < -0.39 is 5.97 Å². The molecule has 1 aromatic heterocycles. The molecule has 2 heterocycles. The van der Waals surface area contributed by atoms with Gasteiger partial charge in [0.05, 0.1) is 18.4 Å². The molecule has 0 radical (unpaired) electrons. The van der Waals surface area contributed by atoms with Crippen molar-refractivity contribution in [3.63, 3.8) is 0 Å². The van der Waals surface area contributed by atoms with Gasteiger partial charge in [-0.3, -0.25) is 4.79 Å². The molecule has 0 amide bonds. The fourth-order valence-corrected chi connectivity index (χ4v) is 3.79. The summed E-state index contributed by atoms with van der Waals surface area (Å²) in [7, 11) is 1.33. The van der Waals surface area contributed by atoms with E-state index in [1.165, 1.54) is 7.11 Å². The van der Waals surface area contributed by atoms with Crippen molar-refractivity contribution in [3.05, 3.63) is 80.1 Å². The van der Waals surface area contributed by atoms with Crippen molar-refractivity contribution < 1.29 is 9.53 Å². The first-order chi connectivity index (χ1) is 13.0. The molecule has 0 spiro atoms. The minimum absolute atomic E-state index is 0.161. The zero-order valence-electron chi connectivity index (χ0n) is 14.5. The maximum atomic E-state index is 13.2. The Kier molecular flexibility index (Phi) is 4.54. The summed E-state index contributed by atoms with van der Waals surface area (Å²) in [6.07, 6.45) is 0.685. The number of fused-ring (bicyclic) bond motifs is 3. The summed E-state index contributed by atoms with van der Waals surface area (Å²) >= 11 is 12.1. The molecule has 4 rings (SSSR count). The van der Waals surface area contributed by atoms with Crippen LogP contribution in [0.2, 0.25) is 10.0 Å². The second-order valence-electron chi connectivity index (χ2n) is 6.33. The molecule has 6 heteroatoms. The topological polar surface area (TPSA) is 48.3 Å². The van der Waals surface area contributed by atoms with E-state index in [4.69, 9.17) is 27.9 Å². The lowest BCUT2D eigenvalue weighted by Crippen LogP contribution is -2.29. The average Bonchev–Trinajstić information content (AvgIpc) is 2.68. The number of pyridine rings is 1. The van der Waals surface area contributed by atoms with Gasteiger partial charge < -0.3 is 9.30 Å². The number of methoxy groups -OCH3 is 1. The molecular weight excluding hydrogens is 385 g/mol. The summed E-state index contributed by atoms with van der Waals surface area (Å²) in [6.45, 7) is 0.480. The lowest BCUT2D eigenvalue weighted by molar-refractivity contribution is 0.0600. The lowest BCUT2D eigenvalue weighted by Gasteiger charge is -2.25. The van der Waals surface area contributed by atoms with Crippen LogP contribution in [-0.4, -0.2) is 17.6 Å². The number of esters is 1. The summed E-state index contributed by atoms with van der Waals surface area (Å²) in [6, 6.07) is 14.1. The monoisotopic (exact) mass is 399 g/mol. The van der Waals surface area contributed by atoms with Gasteiger partial charge >= 0.3 is 5.97 Å². The number of ether oxygens (including phenoxy) is 1. The molecule has 1 aliphatic heterocycles. The molecule has 4 nitrogen and oxygen atoms in total. The van der Waals surface area contributed by atoms with Crippen LogP contribution in [-0.2, 0) is 17.7 Å². The van der Waals surface area contributed by atoms with Gasteiger partial charge in [-0.25, -0.2) is 4.79 Å². The lowest BCUT2D eigenvalue weighted by atomic mass is 9.92. The quantitative estimate of drug-likeness (QED) is 0.579. The van der Waals surface area contributed by atoms with Crippen LogP contribution in [0.15, 0.2) is 53.3 Å². The standard InChI is InChI=1S/C21H15Cl2NO3/c1-27-21(26)18-11-17(12-2-5-14(22)6-3-12)20(25)24-9-8-13-4-7-15(23)10-16(13)19(18)24/h2-7,10-11H,8-9H2,1H3. The third-order valence-electron chi connectivity index (χ3n) is 4.78. The van der Waals surface area contributed by atoms with Crippen molar-refractivity contribution in [1.29, 1.82) is 0 Å². The molecule has 0 aliphatic carbocycles. The smallest absolute Gasteiger partial charge is 0.340 e. The van der Waals surface area contributed by atoms with E-state index in [9.17, 15) is 9.59 Å². The minimum atomic E-state index is -0.498. The van der Waals surface area contributed by atoms with Gasteiger partial charge in [-0.2, -0.15) is 0 Å². The summed E-state index contributed by atoms with van der Waals surface area (Å²) < 4.78 is 6.62. The van der Waals surface area contributed by atoms with Crippen LogP contribution in [0.5, 0.6) is 0 Å². The van der Waals surface area contributed by atoms with Crippen molar-refractivity contribution in [2.45, 2.75) is 13.0 Å². The Morgan fingerprint density at radius 2 is 1.70 bits per heavy atom. The SMILES string of the molecule is COC(=O)c1cc(-c2ccc(Cl)cc2)c(=O)n2c1-c1cc(Cl)ccc1CC2. The Morgan fingerprint density at radius 1 is 1.00 bits per heavy atom. The second-order valence-corrected chi connectivity index (χ2v) is 7.20. The summed E-state index contributed by atoms with van der Waals surface area (Å²) in [5.41, 5.74) is 3.68. The number of aromatic nitrogens is 1. The Balaban J connectivity index is 2.05. The van der Waals surface area contributed by atoms with Crippen LogP contribution in [0.1, 0.15) is 15.9 Å². The zero-order chi connectivity index (χ0) is 19.1. The van der Waals surface area contributed by atoms with Crippen LogP contribution in [0, 0.1) is 0 Å². The Hall–Kier alpha value is -2.56. The number of carbonyl (C=O) groups is 1. The van der Waals surface area contributed by atoms with Gasteiger partial charge in [0, 0.05) is 27.7 Å². The summed E-state index contributed by atoms with van der Waals surface area (Å²) in [5, 5.41) is 1.13. The number of benzene rings is 2. The molecule has 0 saturated heterocycles. The maximum Gasteiger partial charge on any atom is 0.340 e. The van der Waals surface area contributed by atoms with Crippen LogP contribution in [0.4, 0.5) is 0 Å². The van der Waals surface area contributed by atoms with E-state index in [-0.39, 0.29) is 5.56 Å². The van der Waals surface area contributed by atoms with Gasteiger partial charge in [0.2, 0.25) is 0 Å². The first-order valence-corrected chi connectivity index (χ1v) is 9.16. The maximum absolute atomic E-state index is 13.2. The highest BCUT2D eigenvalue weighted by atomic mass is 35.5. The first-order valence-electron chi connectivity index (χ1n) is 8.40. The predicted molar refractivity (Wildman–Crippen MR) is 107 cm³/mol. The van der Waals surface area contributed by atoms with Gasteiger partial charge in [-0.05, 0) is 47.9 Å². The minimum Gasteiger partial charge on any atom is -0.465 e. The van der Waals surface area contributed by atoms with E-state index in [2.05, 4.69) is 0 Å². The van der Waals surface area contributed by atoms with Crippen molar-refractivity contribution in [2.75, 3.05) is 7.11 Å². The molecule has 0 N–H and O–H groups in total. The number of carbonyl (C=O) groups excluding carboxylic acids is 1. The zero-order valence-corrected chi connectivity index (χ0v) is 16.0. The van der Waals surface area contributed by atoms with Gasteiger partial charge in [-0.15, -0.1) is 0 Å². The fourth-order valence-electron chi connectivity index (χ4n) is 3.49. The van der Waals surface area contributed by atoms with Gasteiger partial charge in [-0.1, -0.05) is 41.4 Å². The van der Waals surface area contributed by atoms with E-state index in [1.54, 1.807) is 41.0 Å². The number of hydrogen-bond donors (Lipinski definition) is 0. The number of nitrogens with zero attached hydrogens (tertiary/aromatic N) is 1. The van der Waals surface area contributed by atoms with Gasteiger partial charge in [0.25, 0.3) is 5.56 Å². The third kappa shape index (κ3) is 3.05. The predicted octanol–water partition coefficient (Wildman–Crippen LogP) is 4.83. The summed E-state index contributed by atoms with van der Waals surface area (Å²) in [4.78, 5) is 25.7. The fraction of sp³-hybridized carbons (Fsp3) is 0.143. The highest BCUT2D eigenvalue weighted by Crippen LogP contribution is 2.35. The number of hydrogen-bond acceptors (Lipinski definition) is 3. The Labute approximate surface area is 165 Å². The van der Waals surface area contributed by atoms with Crippen LogP contribution in [0.3, 0.4) is 0 Å². The number of halogens is 2. The number of aryl methyl sites for hydroxylation is 1. The van der Waals surface area contributed by atoms with Crippen LogP contribution >= 0.6 is 23.2 Å². The summed E-state index contributed by atoms with van der Waals surface area (Å²) in [5.74, 6) is -0.498. The van der Waals surface area contributed by atoms with Crippen molar-refractivity contribution in [1.82, 2.24) is 4.57 Å². The highest BCUT2D eigenvalue weighted by molar-refractivity contribution is 6.31. The molecular formula is C21H15Cl2NO3. The third-order valence-corrected chi connectivity index (χ3v) is 5.27. The number of rotatable bonds is 2. The molecule has 27 heavy (non-hydrogen) atoms. The second kappa shape index (κ2) is 6.87. The van der Waals surface area contributed by atoms with Gasteiger partial charge in [0.15, 0.2) is 0 Å². The van der Waals surface area contributed by atoms with E-state index in [0.29, 0.717) is 45.4 Å². The van der Waals surface area contributed by atoms with Gasteiger partial charge in [0.1, 0.15) is 0 Å². The Bertz CT molecular complexity index is 1120. The molecule has 1 aliphatic rings. The Morgan fingerprint density at radius 3 is 2.41 bits per heavy atom. The average molecular weight is 400 g/mol. The largest absolute Gasteiger partial charge is 0.465 e. The molecule has 0 atom stereocenters. The van der Waals surface area contributed by atoms with Crippen molar-refractivity contribution >= 4 is 29.2 Å². The highest BCUT2D eigenvalue weighted by Gasteiger charge is 2.26. The van der Waals surface area contributed by atoms with E-state index >= 15 is 0 Å². The first kappa shape index (κ1) is 17.8. The molecule has 3 aromatic rings.